The van der Waals surface area contributed by atoms with Crippen molar-refractivity contribution in [2.75, 3.05) is 13.2 Å². The highest BCUT2D eigenvalue weighted by Crippen LogP contribution is 2.45. The monoisotopic (exact) mass is 209 g/mol. The summed E-state index contributed by atoms with van der Waals surface area (Å²) in [5, 5.41) is 8.12. The van der Waals surface area contributed by atoms with E-state index in [1.165, 1.54) is 0 Å². The van der Waals surface area contributed by atoms with Crippen molar-refractivity contribution in [1.29, 1.82) is 5.26 Å². The van der Waals surface area contributed by atoms with Crippen molar-refractivity contribution in [2.45, 2.75) is 12.7 Å². The van der Waals surface area contributed by atoms with Gasteiger partial charge in [-0.1, -0.05) is 0 Å². The molecule has 0 spiro atoms. The van der Waals surface area contributed by atoms with Crippen LogP contribution in [0.1, 0.15) is 6.42 Å². The van der Waals surface area contributed by atoms with Gasteiger partial charge < -0.3 is 4.89 Å². The molecule has 0 radical (unpaired) electrons. The molecule has 1 saturated heterocycles. The van der Waals surface area contributed by atoms with Crippen molar-refractivity contribution in [2.24, 2.45) is 0 Å². The first-order chi connectivity index (χ1) is 6.14. The lowest BCUT2D eigenvalue weighted by molar-refractivity contribution is -0.468. The molecule has 0 aromatic carbocycles. The van der Waals surface area contributed by atoms with Crippen LogP contribution in [0.3, 0.4) is 0 Å². The first-order valence-electron chi connectivity index (χ1n) is 3.45. The average molecular weight is 209 g/mol. The van der Waals surface area contributed by atoms with Gasteiger partial charge in [-0.15, -0.1) is 0 Å². The van der Waals surface area contributed by atoms with Gasteiger partial charge in [-0.05, 0) is 0 Å². The molecule has 0 bridgehead atoms. The van der Waals surface area contributed by atoms with Crippen molar-refractivity contribution in [1.82, 2.24) is 0 Å². The van der Waals surface area contributed by atoms with Gasteiger partial charge in [0.25, 0.3) is 0 Å². The van der Waals surface area contributed by atoms with E-state index in [1.807, 2.05) is 0 Å². The van der Waals surface area contributed by atoms with Gasteiger partial charge in [0, 0.05) is 0 Å². The molecule has 74 valence electrons. The molecule has 0 aliphatic carbocycles. The Morgan fingerprint density at radius 2 is 2.46 bits per heavy atom. The zero-order valence-electron chi connectivity index (χ0n) is 6.58. The van der Waals surface area contributed by atoms with E-state index in [0.717, 1.165) is 0 Å². The van der Waals surface area contributed by atoms with Gasteiger partial charge >= 0.3 is 7.82 Å². The van der Waals surface area contributed by atoms with Crippen LogP contribution in [0.25, 0.3) is 0 Å². The minimum atomic E-state index is -4.10. The molecule has 7 nitrogen and oxygen atoms in total. The third-order valence-corrected chi connectivity index (χ3v) is 2.11. The third kappa shape index (κ3) is 3.83. The standard InChI is InChI=1S/C5H8NO6P/c6-2-1-3-10-13(7,8)12-5-4-9-11-5/h5H,1,3-4H2,(H,7,8). The zero-order chi connectivity index (χ0) is 9.73. The molecule has 1 aliphatic rings. The molecule has 0 amide bonds. The summed E-state index contributed by atoms with van der Waals surface area (Å²) in [5.41, 5.74) is 0. The summed E-state index contributed by atoms with van der Waals surface area (Å²) in [4.78, 5) is 17.5. The van der Waals surface area contributed by atoms with Crippen LogP contribution in [0.2, 0.25) is 0 Å². The Morgan fingerprint density at radius 1 is 1.77 bits per heavy atom. The van der Waals surface area contributed by atoms with Crippen LogP contribution in [-0.2, 0) is 23.4 Å². The number of nitrogens with zero attached hydrogens (tertiary/aromatic N) is 1. The third-order valence-electron chi connectivity index (χ3n) is 1.10. The molecule has 1 fully saturated rings. The normalized spacial score (nSPS) is 25.7. The summed E-state index contributed by atoms with van der Waals surface area (Å²) >= 11 is 0. The molecule has 1 N–H and O–H groups in total. The first-order valence-corrected chi connectivity index (χ1v) is 4.94. The fourth-order valence-electron chi connectivity index (χ4n) is 0.557. The Morgan fingerprint density at radius 3 is 2.92 bits per heavy atom. The molecule has 0 aromatic heterocycles. The fraction of sp³-hybridized carbons (Fsp3) is 0.800. The maximum absolute atomic E-state index is 11.0. The minimum Gasteiger partial charge on any atom is -0.302 e. The molecule has 0 saturated carbocycles. The molecule has 2 atom stereocenters. The summed E-state index contributed by atoms with van der Waals surface area (Å²) < 4.78 is 19.8. The number of rotatable bonds is 5. The van der Waals surface area contributed by atoms with Gasteiger partial charge in [0.15, 0.2) is 0 Å². The summed E-state index contributed by atoms with van der Waals surface area (Å²) in [7, 11) is -4.10. The average Bonchev–Trinajstić information content (AvgIpc) is 1.98. The van der Waals surface area contributed by atoms with Crippen LogP contribution in [0.5, 0.6) is 0 Å². The van der Waals surface area contributed by atoms with Crippen molar-refractivity contribution in [3.63, 3.8) is 0 Å². The van der Waals surface area contributed by atoms with E-state index in [4.69, 9.17) is 10.2 Å². The van der Waals surface area contributed by atoms with Crippen molar-refractivity contribution < 1.29 is 28.3 Å². The van der Waals surface area contributed by atoms with E-state index in [-0.39, 0.29) is 19.6 Å². The molecule has 1 aliphatic heterocycles. The van der Waals surface area contributed by atoms with E-state index >= 15 is 0 Å². The Kier molecular flexibility index (Phi) is 3.81. The second-order valence-corrected chi connectivity index (χ2v) is 3.53. The van der Waals surface area contributed by atoms with Crippen molar-refractivity contribution >= 4 is 7.82 Å². The van der Waals surface area contributed by atoms with E-state index in [2.05, 4.69) is 18.8 Å². The van der Waals surface area contributed by atoms with Gasteiger partial charge in [-0.25, -0.2) is 14.3 Å². The number of phosphoric ester groups is 1. The summed E-state index contributed by atoms with van der Waals surface area (Å²) in [5.74, 6) is 0. The maximum atomic E-state index is 11.0. The molecular weight excluding hydrogens is 201 g/mol. The molecule has 0 aromatic rings. The Bertz CT molecular complexity index is 246. The van der Waals surface area contributed by atoms with Gasteiger partial charge in [0.2, 0.25) is 6.29 Å². The molecule has 13 heavy (non-hydrogen) atoms. The van der Waals surface area contributed by atoms with E-state index in [0.29, 0.717) is 0 Å². The van der Waals surface area contributed by atoms with E-state index in [1.54, 1.807) is 6.07 Å². The Labute approximate surface area is 74.3 Å². The highest BCUT2D eigenvalue weighted by molar-refractivity contribution is 7.47. The zero-order valence-corrected chi connectivity index (χ0v) is 7.48. The topological polar surface area (TPSA) is 98.0 Å². The number of hydrogen-bond donors (Lipinski definition) is 1. The number of nitriles is 1. The first kappa shape index (κ1) is 10.6. The second kappa shape index (κ2) is 4.67. The van der Waals surface area contributed by atoms with Crippen molar-refractivity contribution in [3.8, 4) is 6.07 Å². The summed E-state index contributed by atoms with van der Waals surface area (Å²) in [6.07, 6.45) is -0.839. The van der Waals surface area contributed by atoms with Crippen LogP contribution in [0.4, 0.5) is 0 Å². The van der Waals surface area contributed by atoms with Crippen LogP contribution in [-0.4, -0.2) is 24.4 Å². The molecule has 8 heteroatoms. The van der Waals surface area contributed by atoms with Gasteiger partial charge in [0.1, 0.15) is 6.61 Å². The highest BCUT2D eigenvalue weighted by Gasteiger charge is 2.32. The SMILES string of the molecule is N#CCCOP(=O)(O)OC1COO1. The summed E-state index contributed by atoms with van der Waals surface area (Å²) in [6.45, 7) is -0.0655. The smallest absolute Gasteiger partial charge is 0.302 e. The quantitative estimate of drug-likeness (QED) is 0.395. The molecule has 1 rings (SSSR count). The summed E-state index contributed by atoms with van der Waals surface area (Å²) in [6, 6.07) is 1.75. The van der Waals surface area contributed by atoms with Gasteiger partial charge in [0.05, 0.1) is 19.1 Å². The van der Waals surface area contributed by atoms with E-state index < -0.39 is 14.1 Å². The van der Waals surface area contributed by atoms with Gasteiger partial charge in [-0.3, -0.25) is 9.05 Å². The molecular formula is C5H8NO6P. The molecule has 1 heterocycles. The van der Waals surface area contributed by atoms with Gasteiger partial charge in [-0.2, -0.15) is 5.26 Å². The fourth-order valence-corrected chi connectivity index (χ4v) is 1.33. The van der Waals surface area contributed by atoms with Crippen LogP contribution >= 0.6 is 7.82 Å². The minimum absolute atomic E-state index is 0.0237. The lowest BCUT2D eigenvalue weighted by Crippen LogP contribution is -2.32. The predicted octanol–water partition coefficient (Wildman–Crippen LogP) is 0.322. The van der Waals surface area contributed by atoms with E-state index in [9.17, 15) is 4.57 Å². The van der Waals surface area contributed by atoms with Crippen LogP contribution in [0, 0.1) is 11.3 Å². The number of hydrogen-bond acceptors (Lipinski definition) is 6. The molecule has 2 unspecified atom stereocenters. The lowest BCUT2D eigenvalue weighted by atomic mass is 10.5. The number of phosphoric acid groups is 1. The Balaban J connectivity index is 2.20. The second-order valence-electron chi connectivity index (χ2n) is 2.13. The largest absolute Gasteiger partial charge is 0.474 e. The highest BCUT2D eigenvalue weighted by atomic mass is 31.2. The maximum Gasteiger partial charge on any atom is 0.474 e. The lowest BCUT2D eigenvalue weighted by Gasteiger charge is -2.25. The van der Waals surface area contributed by atoms with Crippen LogP contribution in [0.15, 0.2) is 0 Å². The van der Waals surface area contributed by atoms with Crippen LogP contribution < -0.4 is 0 Å². The van der Waals surface area contributed by atoms with Crippen molar-refractivity contribution in [3.05, 3.63) is 0 Å². The predicted molar refractivity (Wildman–Crippen MR) is 37.9 cm³/mol. The Hall–Kier alpha value is -0.480.